The van der Waals surface area contributed by atoms with Gasteiger partial charge in [-0.3, -0.25) is 19.4 Å². The van der Waals surface area contributed by atoms with Gasteiger partial charge in [0.2, 0.25) is 5.82 Å². The van der Waals surface area contributed by atoms with Crippen LogP contribution in [-0.4, -0.2) is 79.9 Å². The maximum Gasteiger partial charge on any atom is 0.291 e. The molecule has 0 unspecified atom stereocenters. The van der Waals surface area contributed by atoms with Crippen LogP contribution in [0.3, 0.4) is 0 Å². The zero-order valence-electron chi connectivity index (χ0n) is 20.7. The van der Waals surface area contributed by atoms with Crippen molar-refractivity contribution < 1.29 is 18.4 Å². The molecule has 12 heteroatoms. The fourth-order valence-electron chi connectivity index (χ4n) is 4.82. The molecule has 2 aromatic heterocycles. The summed E-state index contributed by atoms with van der Waals surface area (Å²) in [4.78, 5) is 33.3. The maximum absolute atomic E-state index is 13.4. The van der Waals surface area contributed by atoms with E-state index in [1.807, 2.05) is 36.4 Å². The summed E-state index contributed by atoms with van der Waals surface area (Å²) in [5.41, 5.74) is 1.85. The van der Waals surface area contributed by atoms with E-state index >= 15 is 0 Å². The molecule has 2 aliphatic rings. The molecule has 0 bridgehead atoms. The van der Waals surface area contributed by atoms with Crippen molar-refractivity contribution in [1.29, 1.82) is 0 Å². The number of carbonyl (C=O) groups is 2. The SMILES string of the molecule is CN1C(=O)[C@H](NC(=O)c2ncn(Cc3ccccc3)n2)CCn2nc(CCCN3CCC(F)(F)C3)cc21. The monoisotopic (exact) mass is 512 g/mol. The van der Waals surface area contributed by atoms with Crippen LogP contribution in [-0.2, 0) is 24.3 Å². The van der Waals surface area contributed by atoms with Crippen LogP contribution in [0.1, 0.15) is 41.1 Å². The largest absolute Gasteiger partial charge is 0.337 e. The van der Waals surface area contributed by atoms with Crippen molar-refractivity contribution >= 4 is 17.6 Å². The summed E-state index contributed by atoms with van der Waals surface area (Å²) in [5.74, 6) is -2.69. The third kappa shape index (κ3) is 5.85. The molecule has 1 aromatic carbocycles. The molecule has 1 fully saturated rings. The molecule has 196 valence electrons. The molecular weight excluding hydrogens is 482 g/mol. The summed E-state index contributed by atoms with van der Waals surface area (Å²) >= 11 is 0. The number of hydrogen-bond acceptors (Lipinski definition) is 6. The van der Waals surface area contributed by atoms with E-state index in [1.54, 1.807) is 21.3 Å². The van der Waals surface area contributed by atoms with Gasteiger partial charge in [0.1, 0.15) is 18.2 Å². The Kier molecular flexibility index (Phi) is 7.00. The van der Waals surface area contributed by atoms with E-state index in [4.69, 9.17) is 0 Å². The quantitative estimate of drug-likeness (QED) is 0.495. The lowest BCUT2D eigenvalue weighted by Gasteiger charge is -2.20. The van der Waals surface area contributed by atoms with Crippen LogP contribution in [0, 0.1) is 0 Å². The number of fused-ring (bicyclic) bond motifs is 1. The Balaban J connectivity index is 1.15. The summed E-state index contributed by atoms with van der Waals surface area (Å²) in [6.07, 6.45) is 3.14. The molecule has 0 aliphatic carbocycles. The molecule has 2 amide bonds. The fraction of sp³-hybridized carbons (Fsp3) is 0.480. The van der Waals surface area contributed by atoms with E-state index in [0.717, 1.165) is 11.3 Å². The minimum absolute atomic E-state index is 0.00594. The molecule has 5 rings (SSSR count). The second kappa shape index (κ2) is 10.4. The molecule has 37 heavy (non-hydrogen) atoms. The number of benzene rings is 1. The van der Waals surface area contributed by atoms with Gasteiger partial charge in [0.05, 0.1) is 18.8 Å². The van der Waals surface area contributed by atoms with Gasteiger partial charge in [-0.15, -0.1) is 5.10 Å². The second-order valence-corrected chi connectivity index (χ2v) is 9.67. The number of aryl methyl sites for hydroxylation is 2. The van der Waals surface area contributed by atoms with Gasteiger partial charge in [-0.25, -0.2) is 23.1 Å². The minimum atomic E-state index is -2.58. The normalized spacial score (nSPS) is 19.6. The van der Waals surface area contributed by atoms with E-state index in [2.05, 4.69) is 20.5 Å². The minimum Gasteiger partial charge on any atom is -0.337 e. The number of likely N-dealkylation sites (tertiary alicyclic amines) is 1. The van der Waals surface area contributed by atoms with Gasteiger partial charge in [0.15, 0.2) is 0 Å². The number of halogens is 2. The molecular formula is C25H30F2N8O2. The Morgan fingerprint density at radius 3 is 2.76 bits per heavy atom. The standard InChI is InChI=1S/C25H30F2N8O2/c1-32-21-14-19(8-5-11-33-13-10-25(26,27)16-33)30-35(21)12-9-20(24(32)37)29-23(36)22-28-17-34(31-22)15-18-6-3-2-4-7-18/h2-4,6-7,14,17,20H,5,8-13,15-16H2,1H3,(H,29,36)/t20-/m1/s1. The third-order valence-corrected chi connectivity index (χ3v) is 6.80. The first-order valence-corrected chi connectivity index (χ1v) is 12.5. The molecule has 1 atom stereocenters. The lowest BCUT2D eigenvalue weighted by atomic mass is 10.2. The highest BCUT2D eigenvalue weighted by Crippen LogP contribution is 2.27. The summed E-state index contributed by atoms with van der Waals surface area (Å²) in [7, 11) is 1.66. The molecule has 1 N–H and O–H groups in total. The Morgan fingerprint density at radius 1 is 1.19 bits per heavy atom. The summed E-state index contributed by atoms with van der Waals surface area (Å²) in [6, 6.07) is 10.8. The van der Waals surface area contributed by atoms with Gasteiger partial charge in [0, 0.05) is 32.6 Å². The van der Waals surface area contributed by atoms with Gasteiger partial charge >= 0.3 is 0 Å². The number of nitrogens with zero attached hydrogens (tertiary/aromatic N) is 7. The third-order valence-electron chi connectivity index (χ3n) is 6.80. The first-order valence-electron chi connectivity index (χ1n) is 12.5. The van der Waals surface area contributed by atoms with Crippen LogP contribution in [0.2, 0.25) is 0 Å². The van der Waals surface area contributed by atoms with E-state index < -0.39 is 17.9 Å². The number of aromatic nitrogens is 5. The zero-order chi connectivity index (χ0) is 26.0. The predicted molar refractivity (Wildman–Crippen MR) is 131 cm³/mol. The number of likely N-dealkylation sites (N-methyl/N-ethyl adjacent to an activating group) is 1. The summed E-state index contributed by atoms with van der Waals surface area (Å²) in [6.45, 7) is 1.76. The van der Waals surface area contributed by atoms with Crippen LogP contribution in [0.25, 0.3) is 0 Å². The molecule has 3 aromatic rings. The van der Waals surface area contributed by atoms with Crippen molar-refractivity contribution in [2.75, 3.05) is 31.6 Å². The average molecular weight is 513 g/mol. The van der Waals surface area contributed by atoms with Gasteiger partial charge in [-0.1, -0.05) is 30.3 Å². The van der Waals surface area contributed by atoms with E-state index in [0.29, 0.717) is 51.3 Å². The summed E-state index contributed by atoms with van der Waals surface area (Å²) in [5, 5.41) is 11.6. The van der Waals surface area contributed by atoms with Gasteiger partial charge in [-0.2, -0.15) is 5.10 Å². The zero-order valence-corrected chi connectivity index (χ0v) is 20.7. The van der Waals surface area contributed by atoms with Gasteiger partial charge in [-0.05, 0) is 31.4 Å². The van der Waals surface area contributed by atoms with Crippen molar-refractivity contribution in [3.05, 3.63) is 59.8 Å². The number of rotatable bonds is 8. The van der Waals surface area contributed by atoms with Gasteiger partial charge < -0.3 is 5.32 Å². The van der Waals surface area contributed by atoms with Crippen molar-refractivity contribution in [1.82, 2.24) is 34.8 Å². The van der Waals surface area contributed by atoms with Gasteiger partial charge in [0.25, 0.3) is 17.7 Å². The lowest BCUT2D eigenvalue weighted by molar-refractivity contribution is -0.120. The number of hydrogen-bond donors (Lipinski definition) is 1. The Bertz CT molecular complexity index is 1260. The Labute approximate surface area is 213 Å². The Hall–Kier alpha value is -3.67. The fourth-order valence-corrected chi connectivity index (χ4v) is 4.82. The molecule has 10 nitrogen and oxygen atoms in total. The number of anilines is 1. The van der Waals surface area contributed by atoms with Crippen molar-refractivity contribution in [3.8, 4) is 0 Å². The van der Waals surface area contributed by atoms with E-state index in [1.165, 1.54) is 11.2 Å². The van der Waals surface area contributed by atoms with Crippen molar-refractivity contribution in [3.63, 3.8) is 0 Å². The smallest absolute Gasteiger partial charge is 0.291 e. The summed E-state index contributed by atoms with van der Waals surface area (Å²) < 4.78 is 30.1. The lowest BCUT2D eigenvalue weighted by Crippen LogP contribution is -2.47. The van der Waals surface area contributed by atoms with Crippen LogP contribution >= 0.6 is 0 Å². The molecule has 0 saturated carbocycles. The number of amides is 2. The van der Waals surface area contributed by atoms with Crippen molar-refractivity contribution in [2.45, 2.75) is 50.7 Å². The second-order valence-electron chi connectivity index (χ2n) is 9.67. The number of nitrogens with one attached hydrogen (secondary N) is 1. The molecule has 0 spiro atoms. The number of alkyl halides is 2. The Morgan fingerprint density at radius 2 is 2.00 bits per heavy atom. The highest BCUT2D eigenvalue weighted by Gasteiger charge is 2.37. The first-order chi connectivity index (χ1) is 17.8. The highest BCUT2D eigenvalue weighted by atomic mass is 19.3. The maximum atomic E-state index is 13.4. The van der Waals surface area contributed by atoms with Crippen molar-refractivity contribution in [2.24, 2.45) is 0 Å². The topological polar surface area (TPSA) is 101 Å². The number of carbonyl (C=O) groups excluding carboxylic acids is 2. The predicted octanol–water partition coefficient (Wildman–Crippen LogP) is 1.96. The average Bonchev–Trinajstić information content (AvgIpc) is 3.58. The molecule has 2 aliphatic heterocycles. The molecule has 4 heterocycles. The van der Waals surface area contributed by atoms with Crippen LogP contribution in [0.15, 0.2) is 42.7 Å². The molecule has 0 radical (unpaired) electrons. The van der Waals surface area contributed by atoms with Crippen LogP contribution in [0.4, 0.5) is 14.6 Å². The van der Waals surface area contributed by atoms with E-state index in [-0.39, 0.29) is 24.7 Å². The highest BCUT2D eigenvalue weighted by molar-refractivity contribution is 6.00. The van der Waals surface area contributed by atoms with Crippen LogP contribution in [0.5, 0.6) is 0 Å². The van der Waals surface area contributed by atoms with Crippen LogP contribution < -0.4 is 10.2 Å². The van der Waals surface area contributed by atoms with E-state index in [9.17, 15) is 18.4 Å². The molecule has 1 saturated heterocycles. The first kappa shape index (κ1) is 25.0.